The van der Waals surface area contributed by atoms with Crippen LogP contribution in [-0.4, -0.2) is 27.0 Å². The molecule has 1 amide bonds. The number of ether oxygens (including phenoxy) is 1. The van der Waals surface area contributed by atoms with Crippen LogP contribution in [0.1, 0.15) is 18.9 Å². The number of aromatic nitrogens is 3. The summed E-state index contributed by atoms with van der Waals surface area (Å²) in [6.45, 7) is 3.18. The molecular weight excluding hydrogens is 468 g/mol. The fraction of sp³-hybridized carbons (Fsp3) is 0.200. The van der Waals surface area contributed by atoms with Crippen LogP contribution >= 0.6 is 22.7 Å². The molecule has 5 rings (SSSR count). The van der Waals surface area contributed by atoms with E-state index < -0.39 is 0 Å². The standard InChI is InChI=1S/C25H22N4O3S2/c1-2-32-18-8-9-20-21(14-18)34-25(27-20)29(15-17-6-4-3-5-7-17)22(30)10-12-28-16-26-23-19(24(28)31)11-13-33-23/h3-9,11,13-14,16H,2,10,12,15H2,1H3. The van der Waals surface area contributed by atoms with Crippen LogP contribution in [0.5, 0.6) is 5.75 Å². The Kier molecular flexibility index (Phi) is 6.37. The van der Waals surface area contributed by atoms with Gasteiger partial charge in [-0.1, -0.05) is 41.7 Å². The first-order chi connectivity index (χ1) is 16.6. The van der Waals surface area contributed by atoms with Gasteiger partial charge in [0, 0.05) is 13.0 Å². The minimum absolute atomic E-state index is 0.106. The van der Waals surface area contributed by atoms with E-state index in [1.807, 2.05) is 60.8 Å². The number of fused-ring (bicyclic) bond motifs is 2. The van der Waals surface area contributed by atoms with Crippen molar-refractivity contribution >= 4 is 54.1 Å². The minimum Gasteiger partial charge on any atom is -0.494 e. The Hall–Kier alpha value is -3.56. The molecule has 3 heterocycles. The molecule has 0 saturated carbocycles. The van der Waals surface area contributed by atoms with E-state index in [0.29, 0.717) is 28.5 Å². The number of anilines is 1. The van der Waals surface area contributed by atoms with E-state index in [0.717, 1.165) is 21.5 Å². The van der Waals surface area contributed by atoms with Gasteiger partial charge in [0.15, 0.2) is 5.13 Å². The van der Waals surface area contributed by atoms with E-state index >= 15 is 0 Å². The molecule has 172 valence electrons. The van der Waals surface area contributed by atoms with Gasteiger partial charge in [0.2, 0.25) is 5.91 Å². The van der Waals surface area contributed by atoms with E-state index in [4.69, 9.17) is 9.72 Å². The summed E-state index contributed by atoms with van der Waals surface area (Å²) in [7, 11) is 0. The molecule has 0 unspecified atom stereocenters. The number of benzene rings is 2. The number of carbonyl (C=O) groups excluding carboxylic acids is 1. The van der Waals surface area contributed by atoms with Crippen LogP contribution in [0, 0.1) is 0 Å². The van der Waals surface area contributed by atoms with Gasteiger partial charge in [0.1, 0.15) is 10.6 Å². The van der Waals surface area contributed by atoms with Crippen molar-refractivity contribution in [3.05, 3.63) is 82.2 Å². The van der Waals surface area contributed by atoms with Crippen molar-refractivity contribution in [3.8, 4) is 5.75 Å². The van der Waals surface area contributed by atoms with Crippen LogP contribution in [0.15, 0.2) is 71.1 Å². The Morgan fingerprint density at radius 2 is 2.00 bits per heavy atom. The van der Waals surface area contributed by atoms with Crippen LogP contribution in [0.25, 0.3) is 20.4 Å². The van der Waals surface area contributed by atoms with Gasteiger partial charge in [-0.2, -0.15) is 0 Å². The van der Waals surface area contributed by atoms with Crippen LogP contribution in [0.4, 0.5) is 5.13 Å². The number of aryl methyl sites for hydroxylation is 1. The van der Waals surface area contributed by atoms with E-state index in [-0.39, 0.29) is 24.4 Å². The molecular formula is C25H22N4O3S2. The molecule has 9 heteroatoms. The highest BCUT2D eigenvalue weighted by Crippen LogP contribution is 2.32. The number of thiazole rings is 1. The highest BCUT2D eigenvalue weighted by atomic mass is 32.1. The third kappa shape index (κ3) is 4.57. The van der Waals surface area contributed by atoms with E-state index in [1.165, 1.54) is 33.6 Å². The number of carbonyl (C=O) groups is 1. The highest BCUT2D eigenvalue weighted by molar-refractivity contribution is 7.22. The Balaban J connectivity index is 1.43. The van der Waals surface area contributed by atoms with Gasteiger partial charge in [-0.3, -0.25) is 19.1 Å². The highest BCUT2D eigenvalue weighted by Gasteiger charge is 2.21. The molecule has 3 aromatic heterocycles. The van der Waals surface area contributed by atoms with Gasteiger partial charge in [-0.25, -0.2) is 9.97 Å². The molecule has 0 spiro atoms. The maximum Gasteiger partial charge on any atom is 0.262 e. The summed E-state index contributed by atoms with van der Waals surface area (Å²) in [5.41, 5.74) is 1.69. The molecule has 0 aliphatic rings. The van der Waals surface area contributed by atoms with Gasteiger partial charge in [0.25, 0.3) is 5.56 Å². The summed E-state index contributed by atoms with van der Waals surface area (Å²) < 4.78 is 8.07. The third-order valence-electron chi connectivity index (χ3n) is 5.39. The van der Waals surface area contributed by atoms with Crippen molar-refractivity contribution in [1.82, 2.24) is 14.5 Å². The first-order valence-corrected chi connectivity index (χ1v) is 12.6. The normalized spacial score (nSPS) is 11.2. The summed E-state index contributed by atoms with van der Waals surface area (Å²) in [5.74, 6) is 0.673. The Labute approximate surface area is 203 Å². The van der Waals surface area contributed by atoms with Gasteiger partial charge in [0.05, 0.1) is 35.1 Å². The summed E-state index contributed by atoms with van der Waals surface area (Å²) in [4.78, 5) is 37.6. The number of hydrogen-bond donors (Lipinski definition) is 0. The van der Waals surface area contributed by atoms with Crippen LogP contribution in [0.3, 0.4) is 0 Å². The number of rotatable bonds is 8. The fourth-order valence-electron chi connectivity index (χ4n) is 3.70. The molecule has 0 radical (unpaired) electrons. The molecule has 5 aromatic rings. The van der Waals surface area contributed by atoms with Crippen molar-refractivity contribution in [2.45, 2.75) is 26.4 Å². The monoisotopic (exact) mass is 490 g/mol. The second kappa shape index (κ2) is 9.74. The van der Waals surface area contributed by atoms with Gasteiger partial charge >= 0.3 is 0 Å². The van der Waals surface area contributed by atoms with Gasteiger partial charge < -0.3 is 4.74 Å². The predicted octanol–water partition coefficient (Wildman–Crippen LogP) is 5.09. The molecule has 0 atom stereocenters. The molecule has 0 N–H and O–H groups in total. The van der Waals surface area contributed by atoms with Crippen molar-refractivity contribution in [2.24, 2.45) is 0 Å². The summed E-state index contributed by atoms with van der Waals surface area (Å²) >= 11 is 2.88. The SMILES string of the molecule is CCOc1ccc2nc(N(Cc3ccccc3)C(=O)CCn3cnc4sccc4c3=O)sc2c1. The molecule has 0 aliphatic carbocycles. The van der Waals surface area contributed by atoms with Crippen LogP contribution < -0.4 is 15.2 Å². The molecule has 0 bridgehead atoms. The maximum atomic E-state index is 13.4. The molecule has 2 aromatic carbocycles. The number of thiophene rings is 1. The topological polar surface area (TPSA) is 77.3 Å². The average Bonchev–Trinajstić information content (AvgIpc) is 3.50. The quantitative estimate of drug-likeness (QED) is 0.303. The van der Waals surface area contributed by atoms with Crippen molar-refractivity contribution in [3.63, 3.8) is 0 Å². The van der Waals surface area contributed by atoms with E-state index in [1.54, 1.807) is 11.0 Å². The minimum atomic E-state index is -0.128. The van der Waals surface area contributed by atoms with Gasteiger partial charge in [-0.15, -0.1) is 11.3 Å². The lowest BCUT2D eigenvalue weighted by Gasteiger charge is -2.20. The lowest BCUT2D eigenvalue weighted by atomic mass is 10.2. The molecule has 34 heavy (non-hydrogen) atoms. The summed E-state index contributed by atoms with van der Waals surface area (Å²) in [6, 6.07) is 17.3. The summed E-state index contributed by atoms with van der Waals surface area (Å²) in [5, 5.41) is 3.05. The molecule has 0 fully saturated rings. The zero-order valence-electron chi connectivity index (χ0n) is 18.5. The Bertz CT molecular complexity index is 1510. The largest absolute Gasteiger partial charge is 0.494 e. The average molecular weight is 491 g/mol. The number of hydrogen-bond acceptors (Lipinski definition) is 7. The first-order valence-electron chi connectivity index (χ1n) is 10.9. The Morgan fingerprint density at radius 1 is 1.15 bits per heavy atom. The zero-order chi connectivity index (χ0) is 23.5. The zero-order valence-corrected chi connectivity index (χ0v) is 20.1. The van der Waals surface area contributed by atoms with Crippen LogP contribution in [-0.2, 0) is 17.9 Å². The van der Waals surface area contributed by atoms with E-state index in [2.05, 4.69) is 4.98 Å². The summed E-state index contributed by atoms with van der Waals surface area (Å²) in [6.07, 6.45) is 1.67. The lowest BCUT2D eigenvalue weighted by Crippen LogP contribution is -2.32. The Morgan fingerprint density at radius 3 is 2.82 bits per heavy atom. The lowest BCUT2D eigenvalue weighted by molar-refractivity contribution is -0.119. The molecule has 7 nitrogen and oxygen atoms in total. The third-order valence-corrected chi connectivity index (χ3v) is 7.25. The van der Waals surface area contributed by atoms with E-state index in [9.17, 15) is 9.59 Å². The predicted molar refractivity (Wildman–Crippen MR) is 137 cm³/mol. The van der Waals surface area contributed by atoms with Crippen LogP contribution in [0.2, 0.25) is 0 Å². The number of amides is 1. The second-order valence-electron chi connectivity index (χ2n) is 7.66. The van der Waals surface area contributed by atoms with Gasteiger partial charge in [-0.05, 0) is 42.1 Å². The smallest absolute Gasteiger partial charge is 0.262 e. The van der Waals surface area contributed by atoms with Crippen molar-refractivity contribution < 1.29 is 9.53 Å². The van der Waals surface area contributed by atoms with Crippen molar-refractivity contribution in [1.29, 1.82) is 0 Å². The van der Waals surface area contributed by atoms with Crippen molar-refractivity contribution in [2.75, 3.05) is 11.5 Å². The second-order valence-corrected chi connectivity index (χ2v) is 9.56. The molecule has 0 saturated heterocycles. The number of nitrogens with zero attached hydrogens (tertiary/aromatic N) is 4. The first kappa shape index (κ1) is 22.2. The fourth-order valence-corrected chi connectivity index (χ4v) is 5.43. The molecule has 0 aliphatic heterocycles. The maximum absolute atomic E-state index is 13.4.